The van der Waals surface area contributed by atoms with Crippen LogP contribution in [0.2, 0.25) is 0 Å². The first-order valence-corrected chi connectivity index (χ1v) is 7.64. The van der Waals surface area contributed by atoms with Crippen LogP contribution in [0.4, 0.5) is 4.79 Å². The summed E-state index contributed by atoms with van der Waals surface area (Å²) in [5, 5.41) is 9.12. The number of nitrogens with zero attached hydrogens (tertiary/aromatic N) is 2. The Morgan fingerprint density at radius 1 is 1.47 bits per heavy atom. The molecule has 0 aromatic rings. The molecule has 2 fully saturated rings. The Balaban J connectivity index is 1.96. The number of thioether (sulfide) groups is 1. The lowest BCUT2D eigenvalue weighted by atomic mass is 9.99. The lowest BCUT2D eigenvalue weighted by Gasteiger charge is -2.35. The van der Waals surface area contributed by atoms with E-state index in [1.807, 2.05) is 0 Å². The van der Waals surface area contributed by atoms with Crippen molar-refractivity contribution in [3.63, 3.8) is 0 Å². The Morgan fingerprint density at radius 3 is 2.95 bits per heavy atom. The lowest BCUT2D eigenvalue weighted by Crippen LogP contribution is -2.51. The maximum Gasteiger partial charge on any atom is 0.327 e. The largest absolute Gasteiger partial charge is 0.480 e. The molecule has 0 aliphatic carbocycles. The second kappa shape index (κ2) is 6.47. The van der Waals surface area contributed by atoms with Crippen molar-refractivity contribution in [1.29, 1.82) is 0 Å². The summed E-state index contributed by atoms with van der Waals surface area (Å²) in [5.74, 6) is 0.405. The standard InChI is InChI=1S/C12H20N2O4S/c1-18-6-9-3-2-4-13(5-9)12(17)14-8-19-7-10(14)11(15)16/h9-10H,2-8H2,1H3,(H,15,16)/t9?,10-/m0/s1. The second-order valence-electron chi connectivity index (χ2n) is 5.02. The van der Waals surface area contributed by atoms with E-state index in [0.29, 0.717) is 37.2 Å². The fraction of sp³-hybridized carbons (Fsp3) is 0.833. The maximum atomic E-state index is 12.4. The molecule has 0 bridgehead atoms. The SMILES string of the molecule is COCC1CCCN(C(=O)N2CSC[C@H]2C(=O)O)C1. The number of ether oxygens (including phenoxy) is 1. The van der Waals surface area contributed by atoms with Gasteiger partial charge in [0.15, 0.2) is 0 Å². The molecule has 0 saturated carbocycles. The Morgan fingerprint density at radius 2 is 2.26 bits per heavy atom. The van der Waals surface area contributed by atoms with Crippen LogP contribution in [0.25, 0.3) is 0 Å². The van der Waals surface area contributed by atoms with Gasteiger partial charge in [0.05, 0.1) is 12.5 Å². The first-order chi connectivity index (χ1) is 9.13. The summed E-state index contributed by atoms with van der Waals surface area (Å²) >= 11 is 1.49. The van der Waals surface area contributed by atoms with Gasteiger partial charge < -0.3 is 19.6 Å². The zero-order valence-electron chi connectivity index (χ0n) is 11.1. The van der Waals surface area contributed by atoms with Gasteiger partial charge in [-0.2, -0.15) is 0 Å². The van der Waals surface area contributed by atoms with Crippen molar-refractivity contribution in [2.24, 2.45) is 5.92 Å². The van der Waals surface area contributed by atoms with Gasteiger partial charge in [-0.1, -0.05) is 0 Å². The fourth-order valence-corrected chi connectivity index (χ4v) is 3.77. The Bertz CT molecular complexity index is 351. The highest BCUT2D eigenvalue weighted by Crippen LogP contribution is 2.25. The van der Waals surface area contributed by atoms with E-state index in [9.17, 15) is 9.59 Å². The minimum Gasteiger partial charge on any atom is -0.480 e. The van der Waals surface area contributed by atoms with E-state index in [2.05, 4.69) is 0 Å². The molecule has 1 unspecified atom stereocenters. The van der Waals surface area contributed by atoms with Crippen LogP contribution < -0.4 is 0 Å². The minimum atomic E-state index is -0.913. The van der Waals surface area contributed by atoms with Gasteiger partial charge in [-0.05, 0) is 12.8 Å². The number of methoxy groups -OCH3 is 1. The summed E-state index contributed by atoms with van der Waals surface area (Å²) in [6, 6.07) is -0.821. The Labute approximate surface area is 117 Å². The highest BCUT2D eigenvalue weighted by molar-refractivity contribution is 7.99. The first-order valence-electron chi connectivity index (χ1n) is 6.48. The quantitative estimate of drug-likeness (QED) is 0.836. The van der Waals surface area contributed by atoms with Crippen LogP contribution in [0.3, 0.4) is 0 Å². The van der Waals surface area contributed by atoms with Gasteiger partial charge in [0.2, 0.25) is 0 Å². The predicted octanol–water partition coefficient (Wildman–Crippen LogP) is 0.924. The third kappa shape index (κ3) is 3.33. The van der Waals surface area contributed by atoms with Crippen LogP contribution in [0.1, 0.15) is 12.8 Å². The van der Waals surface area contributed by atoms with E-state index in [1.54, 1.807) is 12.0 Å². The number of carboxylic acids is 1. The van der Waals surface area contributed by atoms with Crippen molar-refractivity contribution >= 4 is 23.8 Å². The molecule has 0 radical (unpaired) electrons. The second-order valence-corrected chi connectivity index (χ2v) is 6.02. The van der Waals surface area contributed by atoms with Gasteiger partial charge in [0, 0.05) is 31.9 Å². The van der Waals surface area contributed by atoms with Gasteiger partial charge >= 0.3 is 12.0 Å². The van der Waals surface area contributed by atoms with Crippen molar-refractivity contribution in [2.75, 3.05) is 38.4 Å². The summed E-state index contributed by atoms with van der Waals surface area (Å²) < 4.78 is 5.14. The van der Waals surface area contributed by atoms with Crippen molar-refractivity contribution in [3.05, 3.63) is 0 Å². The molecule has 2 atom stereocenters. The number of carboxylic acid groups (broad SMARTS) is 1. The van der Waals surface area contributed by atoms with Gasteiger partial charge in [-0.25, -0.2) is 9.59 Å². The monoisotopic (exact) mass is 288 g/mol. The van der Waals surface area contributed by atoms with Crippen LogP contribution in [0.5, 0.6) is 0 Å². The fourth-order valence-electron chi connectivity index (χ4n) is 2.63. The molecule has 0 spiro atoms. The van der Waals surface area contributed by atoms with Crippen molar-refractivity contribution in [3.8, 4) is 0 Å². The molecule has 2 aliphatic rings. The highest BCUT2D eigenvalue weighted by atomic mass is 32.2. The summed E-state index contributed by atoms with van der Waals surface area (Å²) in [6.45, 7) is 2.04. The van der Waals surface area contributed by atoms with E-state index < -0.39 is 12.0 Å². The molecule has 2 rings (SSSR count). The number of rotatable bonds is 3. The Hall–Kier alpha value is -0.950. The number of carbonyl (C=O) groups is 2. The zero-order valence-corrected chi connectivity index (χ0v) is 11.9. The van der Waals surface area contributed by atoms with Gasteiger partial charge in [0.1, 0.15) is 6.04 Å². The number of likely N-dealkylation sites (tertiary alicyclic amines) is 1. The van der Waals surface area contributed by atoms with Gasteiger partial charge in [-0.15, -0.1) is 11.8 Å². The van der Waals surface area contributed by atoms with Crippen LogP contribution in [-0.2, 0) is 9.53 Å². The molecule has 1 N–H and O–H groups in total. The number of urea groups is 1. The molecule has 2 saturated heterocycles. The third-order valence-electron chi connectivity index (χ3n) is 3.60. The maximum absolute atomic E-state index is 12.4. The molecule has 2 heterocycles. The van der Waals surface area contributed by atoms with Crippen LogP contribution >= 0.6 is 11.8 Å². The van der Waals surface area contributed by atoms with Crippen molar-refractivity contribution in [1.82, 2.24) is 9.80 Å². The smallest absolute Gasteiger partial charge is 0.327 e. The van der Waals surface area contributed by atoms with E-state index in [1.165, 1.54) is 16.7 Å². The molecular weight excluding hydrogens is 268 g/mol. The molecule has 7 heteroatoms. The molecular formula is C12H20N2O4S. The van der Waals surface area contributed by atoms with Gasteiger partial charge in [-0.3, -0.25) is 0 Å². The van der Waals surface area contributed by atoms with Crippen LogP contribution in [0, 0.1) is 5.92 Å². The topological polar surface area (TPSA) is 70.1 Å². The average Bonchev–Trinajstić information content (AvgIpc) is 2.88. The van der Waals surface area contributed by atoms with E-state index in [4.69, 9.17) is 9.84 Å². The number of piperidine rings is 1. The number of amides is 2. The molecule has 108 valence electrons. The van der Waals surface area contributed by atoms with Crippen molar-refractivity contribution < 1.29 is 19.4 Å². The molecule has 2 aliphatic heterocycles. The zero-order chi connectivity index (χ0) is 13.8. The predicted molar refractivity (Wildman–Crippen MR) is 72.2 cm³/mol. The first kappa shape index (κ1) is 14.5. The van der Waals surface area contributed by atoms with E-state index >= 15 is 0 Å². The normalized spacial score (nSPS) is 27.6. The van der Waals surface area contributed by atoms with Crippen molar-refractivity contribution in [2.45, 2.75) is 18.9 Å². The number of hydrogen-bond acceptors (Lipinski definition) is 4. The molecule has 2 amide bonds. The van der Waals surface area contributed by atoms with Gasteiger partial charge in [0.25, 0.3) is 0 Å². The summed E-state index contributed by atoms with van der Waals surface area (Å²) in [4.78, 5) is 26.8. The van der Waals surface area contributed by atoms with Crippen LogP contribution in [0.15, 0.2) is 0 Å². The van der Waals surface area contributed by atoms with E-state index in [-0.39, 0.29) is 6.03 Å². The number of carbonyl (C=O) groups excluding carboxylic acids is 1. The van der Waals surface area contributed by atoms with Crippen LogP contribution in [-0.4, -0.2) is 71.4 Å². The van der Waals surface area contributed by atoms with E-state index in [0.717, 1.165) is 12.8 Å². The molecule has 0 aromatic heterocycles. The Kier molecular flexibility index (Phi) is 4.93. The lowest BCUT2D eigenvalue weighted by molar-refractivity contribution is -0.141. The highest BCUT2D eigenvalue weighted by Gasteiger charge is 2.37. The summed E-state index contributed by atoms with van der Waals surface area (Å²) in [7, 11) is 1.67. The summed E-state index contributed by atoms with van der Waals surface area (Å²) in [5.41, 5.74) is 0. The molecule has 0 aromatic carbocycles. The summed E-state index contributed by atoms with van der Waals surface area (Å²) in [6.07, 6.45) is 2.02. The molecule has 19 heavy (non-hydrogen) atoms. The third-order valence-corrected chi connectivity index (χ3v) is 4.62. The minimum absolute atomic E-state index is 0.141. The molecule has 6 nitrogen and oxygen atoms in total. The number of aliphatic carboxylic acids is 1. The number of hydrogen-bond donors (Lipinski definition) is 1. The average molecular weight is 288 g/mol.